The van der Waals surface area contributed by atoms with E-state index in [2.05, 4.69) is 5.10 Å². The van der Waals surface area contributed by atoms with Gasteiger partial charge in [-0.1, -0.05) is 18.2 Å². The van der Waals surface area contributed by atoms with Crippen molar-refractivity contribution in [2.24, 2.45) is 0 Å². The number of fused-ring (bicyclic) bond motifs is 1. The quantitative estimate of drug-likeness (QED) is 0.795. The molecule has 1 aromatic carbocycles. The van der Waals surface area contributed by atoms with Crippen LogP contribution in [0.4, 0.5) is 0 Å². The van der Waals surface area contributed by atoms with E-state index in [1.807, 2.05) is 0 Å². The first kappa shape index (κ1) is 13.1. The number of furan rings is 1. The molecule has 0 saturated heterocycles. The Hall–Kier alpha value is -2.89. The lowest BCUT2D eigenvalue weighted by Crippen LogP contribution is -2.23. The zero-order chi connectivity index (χ0) is 15.0. The first-order valence-corrected chi connectivity index (χ1v) is 6.34. The van der Waals surface area contributed by atoms with Crippen molar-refractivity contribution in [3.05, 3.63) is 63.8 Å². The number of aromatic carboxylic acids is 1. The first-order chi connectivity index (χ1) is 10.1. The Morgan fingerprint density at radius 1 is 1.38 bits per heavy atom. The zero-order valence-electron chi connectivity index (χ0n) is 11.2. The van der Waals surface area contributed by atoms with Gasteiger partial charge < -0.3 is 9.52 Å². The SMILES string of the molecule is Cc1cnn(Cc2c(C(=O)O)oc3ccccc23)c(=O)c1. The summed E-state index contributed by atoms with van der Waals surface area (Å²) in [4.78, 5) is 23.2. The second kappa shape index (κ2) is 4.90. The third-order valence-corrected chi connectivity index (χ3v) is 3.21. The number of nitrogens with zero attached hydrogens (tertiary/aromatic N) is 2. The van der Waals surface area contributed by atoms with E-state index >= 15 is 0 Å². The van der Waals surface area contributed by atoms with Gasteiger partial charge >= 0.3 is 5.97 Å². The standard InChI is InChI=1S/C15H12N2O4/c1-9-6-13(18)17(16-7-9)8-11-10-4-2-3-5-12(10)21-14(11)15(19)20/h2-7H,8H2,1H3,(H,19,20). The molecule has 0 amide bonds. The Morgan fingerprint density at radius 2 is 2.14 bits per heavy atom. The van der Waals surface area contributed by atoms with Crippen LogP contribution in [0.1, 0.15) is 21.7 Å². The van der Waals surface area contributed by atoms with Crippen molar-refractivity contribution in [1.82, 2.24) is 9.78 Å². The fourth-order valence-corrected chi connectivity index (χ4v) is 2.22. The van der Waals surface area contributed by atoms with Crippen molar-refractivity contribution in [2.75, 3.05) is 0 Å². The van der Waals surface area contributed by atoms with E-state index < -0.39 is 5.97 Å². The van der Waals surface area contributed by atoms with E-state index in [9.17, 15) is 14.7 Å². The Morgan fingerprint density at radius 3 is 2.86 bits per heavy atom. The Kier molecular flexibility index (Phi) is 3.06. The average molecular weight is 284 g/mol. The summed E-state index contributed by atoms with van der Waals surface area (Å²) in [7, 11) is 0. The molecule has 6 heteroatoms. The zero-order valence-corrected chi connectivity index (χ0v) is 11.2. The molecular weight excluding hydrogens is 272 g/mol. The summed E-state index contributed by atoms with van der Waals surface area (Å²) in [6, 6.07) is 8.46. The number of hydrogen-bond donors (Lipinski definition) is 1. The molecule has 0 fully saturated rings. The lowest BCUT2D eigenvalue weighted by atomic mass is 10.1. The van der Waals surface area contributed by atoms with Gasteiger partial charge in [-0.2, -0.15) is 5.10 Å². The summed E-state index contributed by atoms with van der Waals surface area (Å²) in [6.07, 6.45) is 1.56. The average Bonchev–Trinajstić information content (AvgIpc) is 2.81. The Labute approximate surface area is 119 Å². The van der Waals surface area contributed by atoms with Gasteiger partial charge in [0.05, 0.1) is 12.7 Å². The minimum Gasteiger partial charge on any atom is -0.475 e. The Balaban J connectivity index is 2.17. The van der Waals surface area contributed by atoms with Gasteiger partial charge in [-0.3, -0.25) is 4.79 Å². The number of carbonyl (C=O) groups is 1. The molecule has 1 N–H and O–H groups in total. The van der Waals surface area contributed by atoms with Crippen LogP contribution in [0.3, 0.4) is 0 Å². The number of hydrogen-bond acceptors (Lipinski definition) is 4. The maximum Gasteiger partial charge on any atom is 0.372 e. The molecule has 2 aromatic heterocycles. The van der Waals surface area contributed by atoms with Gasteiger partial charge in [-0.05, 0) is 18.6 Å². The van der Waals surface area contributed by atoms with Gasteiger partial charge in [-0.25, -0.2) is 9.48 Å². The van der Waals surface area contributed by atoms with Crippen molar-refractivity contribution >= 4 is 16.9 Å². The molecule has 0 aliphatic carbocycles. The minimum atomic E-state index is -1.17. The van der Waals surface area contributed by atoms with Gasteiger partial charge in [0.15, 0.2) is 0 Å². The molecule has 0 aliphatic heterocycles. The van der Waals surface area contributed by atoms with Crippen molar-refractivity contribution < 1.29 is 14.3 Å². The highest BCUT2D eigenvalue weighted by molar-refractivity contribution is 5.95. The van der Waals surface area contributed by atoms with E-state index in [0.717, 1.165) is 5.56 Å². The fraction of sp³-hybridized carbons (Fsp3) is 0.133. The molecule has 0 atom stereocenters. The highest BCUT2D eigenvalue weighted by atomic mass is 16.4. The second-order valence-corrected chi connectivity index (χ2v) is 4.74. The number of rotatable bonds is 3. The number of aromatic nitrogens is 2. The third kappa shape index (κ3) is 2.31. The predicted octanol–water partition coefficient (Wildman–Crippen LogP) is 2.04. The molecule has 0 saturated carbocycles. The molecule has 21 heavy (non-hydrogen) atoms. The number of carboxylic acid groups (broad SMARTS) is 1. The minimum absolute atomic E-state index is 0.0533. The van der Waals surface area contributed by atoms with Crippen LogP contribution in [0, 0.1) is 6.92 Å². The van der Waals surface area contributed by atoms with E-state index in [-0.39, 0.29) is 17.9 Å². The summed E-state index contributed by atoms with van der Waals surface area (Å²) in [5, 5.41) is 14.0. The van der Waals surface area contributed by atoms with E-state index in [0.29, 0.717) is 16.5 Å². The fourth-order valence-electron chi connectivity index (χ4n) is 2.22. The van der Waals surface area contributed by atoms with Gasteiger partial charge in [0.25, 0.3) is 5.56 Å². The third-order valence-electron chi connectivity index (χ3n) is 3.21. The number of benzene rings is 1. The van der Waals surface area contributed by atoms with Gasteiger partial charge in [0.1, 0.15) is 5.58 Å². The van der Waals surface area contributed by atoms with Gasteiger partial charge in [0.2, 0.25) is 5.76 Å². The molecule has 0 unspecified atom stereocenters. The highest BCUT2D eigenvalue weighted by Crippen LogP contribution is 2.26. The summed E-state index contributed by atoms with van der Waals surface area (Å²) in [6.45, 7) is 1.83. The summed E-state index contributed by atoms with van der Waals surface area (Å²) >= 11 is 0. The predicted molar refractivity (Wildman–Crippen MR) is 75.5 cm³/mol. The molecule has 3 rings (SSSR count). The molecule has 3 aromatic rings. The van der Waals surface area contributed by atoms with Crippen LogP contribution >= 0.6 is 0 Å². The lowest BCUT2D eigenvalue weighted by Gasteiger charge is -2.04. The molecule has 0 aliphatic rings. The molecule has 0 radical (unpaired) electrons. The highest BCUT2D eigenvalue weighted by Gasteiger charge is 2.20. The molecule has 2 heterocycles. The molecule has 0 bridgehead atoms. The molecule has 106 valence electrons. The van der Waals surface area contributed by atoms with Gasteiger partial charge in [0, 0.05) is 17.0 Å². The maximum atomic E-state index is 11.9. The van der Waals surface area contributed by atoms with Crippen LogP contribution in [0.2, 0.25) is 0 Å². The van der Waals surface area contributed by atoms with E-state index in [4.69, 9.17) is 4.42 Å². The smallest absolute Gasteiger partial charge is 0.372 e. The molecule has 6 nitrogen and oxygen atoms in total. The van der Waals surface area contributed by atoms with Crippen LogP contribution < -0.4 is 5.56 Å². The second-order valence-electron chi connectivity index (χ2n) is 4.74. The normalized spacial score (nSPS) is 10.9. The van der Waals surface area contributed by atoms with Crippen LogP contribution in [0.25, 0.3) is 11.0 Å². The van der Waals surface area contributed by atoms with E-state index in [1.165, 1.54) is 10.7 Å². The van der Waals surface area contributed by atoms with Crippen molar-refractivity contribution in [3.63, 3.8) is 0 Å². The summed E-state index contributed by atoms with van der Waals surface area (Å²) in [5.74, 6) is -1.33. The van der Waals surface area contributed by atoms with Gasteiger partial charge in [-0.15, -0.1) is 0 Å². The molecular formula is C15H12N2O4. The monoisotopic (exact) mass is 284 g/mol. The number of para-hydroxylation sites is 1. The topological polar surface area (TPSA) is 85.3 Å². The summed E-state index contributed by atoms with van der Waals surface area (Å²) < 4.78 is 6.57. The first-order valence-electron chi connectivity index (χ1n) is 6.34. The van der Waals surface area contributed by atoms with Crippen LogP contribution in [-0.2, 0) is 6.54 Å². The van der Waals surface area contributed by atoms with Crippen molar-refractivity contribution in [1.29, 1.82) is 0 Å². The van der Waals surface area contributed by atoms with Crippen molar-refractivity contribution in [2.45, 2.75) is 13.5 Å². The maximum absolute atomic E-state index is 11.9. The Bertz CT molecular complexity index is 892. The van der Waals surface area contributed by atoms with E-state index in [1.54, 1.807) is 37.4 Å². The van der Waals surface area contributed by atoms with Crippen LogP contribution in [0.5, 0.6) is 0 Å². The lowest BCUT2D eigenvalue weighted by molar-refractivity contribution is 0.0663. The summed E-state index contributed by atoms with van der Waals surface area (Å²) in [5.41, 5.74) is 1.39. The van der Waals surface area contributed by atoms with Crippen LogP contribution in [0.15, 0.2) is 45.7 Å². The molecule has 0 spiro atoms. The number of carboxylic acids is 1. The van der Waals surface area contributed by atoms with Crippen LogP contribution in [-0.4, -0.2) is 20.9 Å². The van der Waals surface area contributed by atoms with Crippen molar-refractivity contribution in [3.8, 4) is 0 Å². The largest absolute Gasteiger partial charge is 0.475 e. The number of aryl methyl sites for hydroxylation is 1.